The van der Waals surface area contributed by atoms with Crippen LogP contribution in [-0.4, -0.2) is 46.6 Å². The molecule has 1 saturated heterocycles. The van der Waals surface area contributed by atoms with E-state index in [1.807, 2.05) is 17.5 Å². The van der Waals surface area contributed by atoms with E-state index in [0.29, 0.717) is 23.9 Å². The summed E-state index contributed by atoms with van der Waals surface area (Å²) in [7, 11) is 0. The zero-order valence-corrected chi connectivity index (χ0v) is 14.8. The second-order valence-electron chi connectivity index (χ2n) is 7.08. The highest BCUT2D eigenvalue weighted by atomic mass is 32.1. The summed E-state index contributed by atoms with van der Waals surface area (Å²) in [5.41, 5.74) is 0.725. The Labute approximate surface area is 145 Å². The molecule has 1 atom stereocenters. The SMILES string of the molecule is CC1(C)CC(O)CCN(CC(=O)Nc2nc(-c3ccco3)cs2)C1. The fraction of sp³-hybridized carbons (Fsp3) is 0.529. The van der Waals surface area contributed by atoms with Crippen LogP contribution in [0.25, 0.3) is 11.5 Å². The Morgan fingerprint density at radius 2 is 2.42 bits per heavy atom. The molecule has 2 aromatic heterocycles. The number of aliphatic hydroxyl groups is 1. The number of anilines is 1. The first-order chi connectivity index (χ1) is 11.4. The number of hydrogen-bond donors (Lipinski definition) is 2. The minimum absolute atomic E-state index is 0.00380. The Hall–Kier alpha value is -1.70. The Morgan fingerprint density at radius 3 is 3.17 bits per heavy atom. The van der Waals surface area contributed by atoms with Crippen molar-refractivity contribution in [2.24, 2.45) is 5.41 Å². The molecule has 0 saturated carbocycles. The number of thiazole rings is 1. The third kappa shape index (κ3) is 4.43. The maximum atomic E-state index is 12.3. The number of amides is 1. The molecule has 3 heterocycles. The second-order valence-corrected chi connectivity index (χ2v) is 7.94. The number of nitrogens with zero attached hydrogens (tertiary/aromatic N) is 2. The van der Waals surface area contributed by atoms with Gasteiger partial charge in [-0.15, -0.1) is 11.3 Å². The summed E-state index contributed by atoms with van der Waals surface area (Å²) in [4.78, 5) is 18.8. The summed E-state index contributed by atoms with van der Waals surface area (Å²) in [6.45, 7) is 6.10. The lowest BCUT2D eigenvalue weighted by atomic mass is 9.87. The van der Waals surface area contributed by atoms with E-state index in [2.05, 4.69) is 29.0 Å². The summed E-state index contributed by atoms with van der Waals surface area (Å²) in [6.07, 6.45) is 2.78. The van der Waals surface area contributed by atoms with Crippen LogP contribution < -0.4 is 5.32 Å². The molecule has 0 spiro atoms. The summed E-state index contributed by atoms with van der Waals surface area (Å²) in [6, 6.07) is 3.65. The van der Waals surface area contributed by atoms with E-state index in [4.69, 9.17) is 4.42 Å². The van der Waals surface area contributed by atoms with Crippen molar-refractivity contribution in [2.75, 3.05) is 25.0 Å². The molecule has 1 aliphatic heterocycles. The zero-order chi connectivity index (χ0) is 17.2. The van der Waals surface area contributed by atoms with Gasteiger partial charge in [0.25, 0.3) is 0 Å². The Morgan fingerprint density at radius 1 is 1.58 bits per heavy atom. The van der Waals surface area contributed by atoms with Gasteiger partial charge in [0.2, 0.25) is 5.91 Å². The minimum atomic E-state index is -0.289. The van der Waals surface area contributed by atoms with E-state index in [1.54, 1.807) is 6.26 Å². The molecular formula is C17H23N3O3S. The van der Waals surface area contributed by atoms with Gasteiger partial charge in [-0.1, -0.05) is 13.8 Å². The van der Waals surface area contributed by atoms with E-state index < -0.39 is 0 Å². The van der Waals surface area contributed by atoms with Crippen LogP contribution in [-0.2, 0) is 4.79 Å². The number of furan rings is 1. The van der Waals surface area contributed by atoms with Crippen LogP contribution in [0, 0.1) is 5.41 Å². The van der Waals surface area contributed by atoms with Crippen molar-refractivity contribution >= 4 is 22.4 Å². The number of carbonyl (C=O) groups excluding carboxylic acids is 1. The molecule has 130 valence electrons. The topological polar surface area (TPSA) is 78.6 Å². The van der Waals surface area contributed by atoms with Crippen LogP contribution in [0.15, 0.2) is 28.2 Å². The molecule has 0 aliphatic carbocycles. The number of aliphatic hydroxyl groups excluding tert-OH is 1. The van der Waals surface area contributed by atoms with Crippen molar-refractivity contribution in [3.05, 3.63) is 23.8 Å². The van der Waals surface area contributed by atoms with E-state index in [0.717, 1.165) is 25.2 Å². The molecule has 2 N–H and O–H groups in total. The second kappa shape index (κ2) is 7.04. The van der Waals surface area contributed by atoms with Crippen LogP contribution in [0.1, 0.15) is 26.7 Å². The monoisotopic (exact) mass is 349 g/mol. The Balaban J connectivity index is 1.57. The third-order valence-corrected chi connectivity index (χ3v) is 4.87. The van der Waals surface area contributed by atoms with Crippen LogP contribution in [0.3, 0.4) is 0 Å². The first-order valence-electron chi connectivity index (χ1n) is 8.11. The molecule has 2 aromatic rings. The van der Waals surface area contributed by atoms with E-state index in [1.165, 1.54) is 11.3 Å². The minimum Gasteiger partial charge on any atom is -0.463 e. The summed E-state index contributed by atoms with van der Waals surface area (Å²) < 4.78 is 5.31. The van der Waals surface area contributed by atoms with E-state index >= 15 is 0 Å². The Kier molecular flexibility index (Phi) is 5.03. The highest BCUT2D eigenvalue weighted by Crippen LogP contribution is 2.28. The molecule has 0 aromatic carbocycles. The van der Waals surface area contributed by atoms with Crippen LogP contribution in [0.2, 0.25) is 0 Å². The molecule has 6 nitrogen and oxygen atoms in total. The smallest absolute Gasteiger partial charge is 0.240 e. The van der Waals surface area contributed by atoms with Gasteiger partial charge < -0.3 is 14.8 Å². The fourth-order valence-electron chi connectivity index (χ4n) is 3.19. The largest absolute Gasteiger partial charge is 0.463 e. The number of carbonyl (C=O) groups is 1. The Bertz CT molecular complexity index is 681. The quantitative estimate of drug-likeness (QED) is 0.887. The molecule has 7 heteroatoms. The highest BCUT2D eigenvalue weighted by Gasteiger charge is 2.29. The van der Waals surface area contributed by atoms with E-state index in [9.17, 15) is 9.90 Å². The van der Waals surface area contributed by atoms with Crippen molar-refractivity contribution in [1.29, 1.82) is 0 Å². The average Bonchev–Trinajstić information content (AvgIpc) is 3.12. The molecule has 24 heavy (non-hydrogen) atoms. The van der Waals surface area contributed by atoms with Gasteiger partial charge in [-0.05, 0) is 30.4 Å². The number of likely N-dealkylation sites (tertiary alicyclic amines) is 1. The van der Waals surface area contributed by atoms with E-state index in [-0.39, 0.29) is 17.4 Å². The maximum Gasteiger partial charge on any atom is 0.240 e. The number of nitrogens with one attached hydrogen (secondary N) is 1. The molecule has 1 aliphatic rings. The maximum absolute atomic E-state index is 12.3. The van der Waals surface area contributed by atoms with Gasteiger partial charge in [-0.2, -0.15) is 0 Å². The molecule has 3 rings (SSSR count). The van der Waals surface area contributed by atoms with Crippen molar-refractivity contribution in [2.45, 2.75) is 32.8 Å². The predicted octanol–water partition coefficient (Wildman–Crippen LogP) is 2.82. The highest BCUT2D eigenvalue weighted by molar-refractivity contribution is 7.14. The van der Waals surface area contributed by atoms with Crippen LogP contribution >= 0.6 is 11.3 Å². The van der Waals surface area contributed by atoms with Crippen molar-refractivity contribution in [1.82, 2.24) is 9.88 Å². The van der Waals surface area contributed by atoms with Gasteiger partial charge in [0.15, 0.2) is 10.9 Å². The van der Waals surface area contributed by atoms with Crippen molar-refractivity contribution < 1.29 is 14.3 Å². The molecule has 0 radical (unpaired) electrons. The molecule has 0 bridgehead atoms. The third-order valence-electron chi connectivity index (χ3n) is 4.11. The summed E-state index contributed by atoms with van der Waals surface area (Å²) in [5.74, 6) is 0.609. The lowest BCUT2D eigenvalue weighted by molar-refractivity contribution is -0.117. The first kappa shape index (κ1) is 17.1. The van der Waals surface area contributed by atoms with Gasteiger partial charge in [-0.25, -0.2) is 4.98 Å². The van der Waals surface area contributed by atoms with Crippen LogP contribution in [0.4, 0.5) is 5.13 Å². The molecular weight excluding hydrogens is 326 g/mol. The number of hydrogen-bond acceptors (Lipinski definition) is 6. The van der Waals surface area contributed by atoms with Gasteiger partial charge in [-0.3, -0.25) is 9.69 Å². The standard InChI is InChI=1S/C17H23N3O3S/c1-17(2)8-12(21)5-6-20(11-17)9-15(22)19-16-18-13(10-24-16)14-4-3-7-23-14/h3-4,7,10,12,21H,5-6,8-9,11H2,1-2H3,(H,18,19,22). The number of rotatable bonds is 4. The normalized spacial score (nSPS) is 21.4. The predicted molar refractivity (Wildman–Crippen MR) is 93.9 cm³/mol. The zero-order valence-electron chi connectivity index (χ0n) is 14.0. The van der Waals surface area contributed by atoms with Gasteiger partial charge >= 0.3 is 0 Å². The van der Waals surface area contributed by atoms with Gasteiger partial charge in [0.05, 0.1) is 18.9 Å². The average molecular weight is 349 g/mol. The first-order valence-corrected chi connectivity index (χ1v) is 8.99. The fourth-order valence-corrected chi connectivity index (χ4v) is 3.90. The molecule has 1 unspecified atom stereocenters. The van der Waals surface area contributed by atoms with Gasteiger partial charge in [0.1, 0.15) is 5.69 Å². The molecule has 1 amide bonds. The number of aromatic nitrogens is 1. The van der Waals surface area contributed by atoms with Crippen molar-refractivity contribution in [3.63, 3.8) is 0 Å². The lowest BCUT2D eigenvalue weighted by Gasteiger charge is -2.29. The van der Waals surface area contributed by atoms with Gasteiger partial charge in [0, 0.05) is 18.5 Å². The summed E-state index contributed by atoms with van der Waals surface area (Å²) in [5, 5.41) is 15.2. The van der Waals surface area contributed by atoms with Crippen molar-refractivity contribution in [3.8, 4) is 11.5 Å². The summed E-state index contributed by atoms with van der Waals surface area (Å²) >= 11 is 1.38. The molecule has 1 fully saturated rings. The van der Waals surface area contributed by atoms with Crippen LogP contribution in [0.5, 0.6) is 0 Å². The lowest BCUT2D eigenvalue weighted by Crippen LogP contribution is -2.38.